The Morgan fingerprint density at radius 2 is 1.61 bits per heavy atom. The maximum Gasteiger partial charge on any atom is 0.301 e. The Morgan fingerprint density at radius 3 is 2.26 bits per heavy atom. The van der Waals surface area contributed by atoms with Crippen LogP contribution in [0.1, 0.15) is 12.8 Å². The van der Waals surface area contributed by atoms with Crippen molar-refractivity contribution in [3.8, 4) is 0 Å². The molecule has 2 aromatic rings. The van der Waals surface area contributed by atoms with E-state index in [9.17, 15) is 21.6 Å². The molecule has 4 rings (SSSR count). The molecule has 7 nitrogen and oxygen atoms in total. The van der Waals surface area contributed by atoms with Crippen LogP contribution in [0.4, 0.5) is 30.2 Å². The van der Waals surface area contributed by atoms with Crippen molar-refractivity contribution in [3.05, 3.63) is 52.3 Å². The molecule has 0 radical (unpaired) electrons. The molecule has 2 N–H and O–H groups in total. The maximum atomic E-state index is 14.5. The van der Waals surface area contributed by atoms with Gasteiger partial charge in [0.2, 0.25) is 0 Å². The summed E-state index contributed by atoms with van der Waals surface area (Å²) in [4.78, 5) is 0. The molecule has 12 heteroatoms. The van der Waals surface area contributed by atoms with Crippen molar-refractivity contribution in [2.75, 3.05) is 36.3 Å². The highest BCUT2D eigenvalue weighted by Gasteiger charge is 2.42. The molecule has 31 heavy (non-hydrogen) atoms. The van der Waals surface area contributed by atoms with E-state index in [1.54, 1.807) is 0 Å². The van der Waals surface area contributed by atoms with Crippen LogP contribution in [0.2, 0.25) is 0 Å². The van der Waals surface area contributed by atoms with E-state index in [1.807, 2.05) is 0 Å². The monoisotopic (exact) mass is 521 g/mol. The molecular formula is C19H19BrF3N3O4S. The van der Waals surface area contributed by atoms with E-state index < -0.39 is 39.1 Å². The fourth-order valence-electron chi connectivity index (χ4n) is 3.54. The van der Waals surface area contributed by atoms with Crippen LogP contribution in [-0.4, -0.2) is 44.8 Å². The van der Waals surface area contributed by atoms with E-state index >= 15 is 0 Å². The smallest absolute Gasteiger partial charge is 0.301 e. The quantitative estimate of drug-likeness (QED) is 0.619. The average molecular weight is 522 g/mol. The second-order valence-corrected chi connectivity index (χ2v) is 9.73. The van der Waals surface area contributed by atoms with Gasteiger partial charge >= 0.3 is 10.2 Å². The van der Waals surface area contributed by atoms with Gasteiger partial charge in [0.05, 0.1) is 24.6 Å². The third-order valence-electron chi connectivity index (χ3n) is 5.16. The normalized spacial score (nSPS) is 19.0. The molecule has 0 amide bonds. The van der Waals surface area contributed by atoms with Gasteiger partial charge in [0.1, 0.15) is 11.5 Å². The van der Waals surface area contributed by atoms with Crippen molar-refractivity contribution < 1.29 is 31.1 Å². The minimum Gasteiger partial charge on any atom is -0.349 e. The van der Waals surface area contributed by atoms with Gasteiger partial charge in [-0.2, -0.15) is 12.7 Å². The summed E-state index contributed by atoms with van der Waals surface area (Å²) in [5.41, 5.74) is -0.931. The third kappa shape index (κ3) is 4.67. The van der Waals surface area contributed by atoms with E-state index in [1.165, 1.54) is 16.4 Å². The average Bonchev–Trinajstić information content (AvgIpc) is 3.17. The number of nitrogens with zero attached hydrogens (tertiary/aromatic N) is 1. The highest BCUT2D eigenvalue weighted by Crippen LogP contribution is 2.35. The molecule has 1 spiro atoms. The lowest BCUT2D eigenvalue weighted by Gasteiger charge is -2.36. The van der Waals surface area contributed by atoms with Crippen LogP contribution in [0.25, 0.3) is 0 Å². The zero-order valence-electron chi connectivity index (χ0n) is 16.1. The van der Waals surface area contributed by atoms with Crippen molar-refractivity contribution in [1.29, 1.82) is 0 Å². The lowest BCUT2D eigenvalue weighted by atomic mass is 10.1. The number of benzene rings is 2. The van der Waals surface area contributed by atoms with Crippen molar-refractivity contribution in [1.82, 2.24) is 4.31 Å². The number of nitrogens with one attached hydrogen (secondary N) is 2. The van der Waals surface area contributed by atoms with E-state index in [2.05, 4.69) is 26.0 Å². The number of rotatable bonds is 5. The topological polar surface area (TPSA) is 79.9 Å². The molecule has 0 bridgehead atoms. The Morgan fingerprint density at radius 1 is 0.968 bits per heavy atom. The zero-order chi connectivity index (χ0) is 22.2. The standard InChI is InChI=1S/C19H19BrF3N3O4S/c20-12-1-3-15(14(22)11-12)24-18-16(4-2-13(21)17(18)23)25-31(27,28)26-7-5-19(6-8-26)29-9-10-30-19/h1-4,11,24-25H,5-10H2. The van der Waals surface area contributed by atoms with Crippen LogP contribution < -0.4 is 10.0 Å². The Bertz CT molecular complexity index is 1090. The Hall–Kier alpha value is -1.86. The zero-order valence-corrected chi connectivity index (χ0v) is 18.5. The van der Waals surface area contributed by atoms with Gasteiger partial charge in [-0.15, -0.1) is 0 Å². The number of piperidine rings is 1. The van der Waals surface area contributed by atoms with Gasteiger partial charge in [-0.3, -0.25) is 4.72 Å². The minimum absolute atomic E-state index is 0.128. The summed E-state index contributed by atoms with van der Waals surface area (Å²) in [7, 11) is -4.10. The third-order valence-corrected chi connectivity index (χ3v) is 7.18. The molecule has 0 aromatic heterocycles. The first-order valence-electron chi connectivity index (χ1n) is 9.45. The Kier molecular flexibility index (Phi) is 6.19. The van der Waals surface area contributed by atoms with Crippen molar-refractivity contribution in [2.24, 2.45) is 0 Å². The van der Waals surface area contributed by atoms with Crippen molar-refractivity contribution >= 4 is 43.2 Å². The molecule has 2 saturated heterocycles. The van der Waals surface area contributed by atoms with E-state index in [0.29, 0.717) is 30.5 Å². The summed E-state index contributed by atoms with van der Waals surface area (Å²) >= 11 is 3.11. The van der Waals surface area contributed by atoms with Crippen LogP contribution >= 0.6 is 15.9 Å². The van der Waals surface area contributed by atoms with Crippen LogP contribution in [0.15, 0.2) is 34.8 Å². The van der Waals surface area contributed by atoms with Crippen LogP contribution in [0.3, 0.4) is 0 Å². The largest absolute Gasteiger partial charge is 0.349 e. The Balaban J connectivity index is 1.57. The molecule has 0 saturated carbocycles. The highest BCUT2D eigenvalue weighted by molar-refractivity contribution is 9.10. The summed E-state index contributed by atoms with van der Waals surface area (Å²) in [6.07, 6.45) is 0.696. The van der Waals surface area contributed by atoms with E-state index in [0.717, 1.165) is 18.2 Å². The highest BCUT2D eigenvalue weighted by atomic mass is 79.9. The van der Waals surface area contributed by atoms with Gasteiger partial charge in [-0.05, 0) is 30.3 Å². The molecule has 0 aliphatic carbocycles. The fourth-order valence-corrected chi connectivity index (χ4v) is 5.11. The predicted octanol–water partition coefficient (Wildman–Crippen LogP) is 4.11. The molecule has 168 valence electrons. The van der Waals surface area contributed by atoms with Crippen LogP contribution in [0, 0.1) is 17.5 Å². The SMILES string of the molecule is O=S(=O)(Nc1ccc(F)c(F)c1Nc1ccc(Br)cc1F)N1CCC2(CC1)OCCO2. The number of hydrogen-bond acceptors (Lipinski definition) is 5. The second kappa shape index (κ2) is 8.58. The minimum atomic E-state index is -4.10. The number of ether oxygens (including phenoxy) is 2. The molecule has 2 aromatic carbocycles. The van der Waals surface area contributed by atoms with E-state index in [4.69, 9.17) is 9.47 Å². The predicted molar refractivity (Wildman–Crippen MR) is 112 cm³/mol. The number of halogens is 4. The van der Waals surface area contributed by atoms with Crippen molar-refractivity contribution in [2.45, 2.75) is 18.6 Å². The van der Waals surface area contributed by atoms with Gasteiger partial charge in [0.15, 0.2) is 17.4 Å². The lowest BCUT2D eigenvalue weighted by Crippen LogP contribution is -2.48. The summed E-state index contributed by atoms with van der Waals surface area (Å²) < 4.78 is 83.4. The first-order valence-corrected chi connectivity index (χ1v) is 11.7. The van der Waals surface area contributed by atoms with E-state index in [-0.39, 0.29) is 24.5 Å². The first-order chi connectivity index (χ1) is 14.7. The summed E-state index contributed by atoms with van der Waals surface area (Å²) in [6.45, 7) is 1.18. The Labute approximate surface area is 185 Å². The molecule has 2 heterocycles. The van der Waals surface area contributed by atoms with Crippen molar-refractivity contribution in [3.63, 3.8) is 0 Å². The second-order valence-electron chi connectivity index (χ2n) is 7.15. The summed E-state index contributed by atoms with van der Waals surface area (Å²) in [5.74, 6) is -4.05. The van der Waals surface area contributed by atoms with Gasteiger partial charge in [-0.25, -0.2) is 13.2 Å². The van der Waals surface area contributed by atoms with Crippen LogP contribution in [-0.2, 0) is 19.7 Å². The molecule has 2 aliphatic rings. The van der Waals surface area contributed by atoms with Gasteiger partial charge in [0, 0.05) is 30.4 Å². The fraction of sp³-hybridized carbons (Fsp3) is 0.368. The molecule has 0 atom stereocenters. The van der Waals surface area contributed by atoms with Gasteiger partial charge in [-0.1, -0.05) is 15.9 Å². The molecule has 2 fully saturated rings. The summed E-state index contributed by atoms with van der Waals surface area (Å²) in [5, 5.41) is 2.45. The van der Waals surface area contributed by atoms with Gasteiger partial charge < -0.3 is 14.8 Å². The molecule has 0 unspecified atom stereocenters. The first kappa shape index (κ1) is 22.3. The van der Waals surface area contributed by atoms with Gasteiger partial charge in [0.25, 0.3) is 0 Å². The summed E-state index contributed by atoms with van der Waals surface area (Å²) in [6, 6.07) is 5.82. The van der Waals surface area contributed by atoms with Crippen LogP contribution in [0.5, 0.6) is 0 Å². The molecule has 2 aliphatic heterocycles. The number of hydrogen-bond donors (Lipinski definition) is 2. The maximum absolute atomic E-state index is 14.5. The number of anilines is 3. The molecular weight excluding hydrogens is 503 g/mol. The lowest BCUT2D eigenvalue weighted by molar-refractivity contribution is -0.179.